The Labute approximate surface area is 161 Å². The van der Waals surface area contributed by atoms with Crippen molar-refractivity contribution in [2.24, 2.45) is 0 Å². The Morgan fingerprint density at radius 3 is 2.44 bits per heavy atom. The van der Waals surface area contributed by atoms with E-state index in [0.717, 1.165) is 0 Å². The molecule has 27 heavy (non-hydrogen) atoms. The van der Waals surface area contributed by atoms with Crippen molar-refractivity contribution < 1.29 is 14.1 Å². The molecule has 6 nitrogen and oxygen atoms in total. The van der Waals surface area contributed by atoms with E-state index in [0.29, 0.717) is 45.4 Å². The van der Waals surface area contributed by atoms with Gasteiger partial charge in [0.1, 0.15) is 17.0 Å². The summed E-state index contributed by atoms with van der Waals surface area (Å²) in [6, 6.07) is 13.7. The van der Waals surface area contributed by atoms with Crippen molar-refractivity contribution in [3.8, 4) is 11.3 Å². The largest absolute Gasteiger partial charge is 0.360 e. The fraction of sp³-hybridized carbons (Fsp3) is 0.150. The molecule has 3 rings (SSSR count). The molecule has 0 bridgehead atoms. The molecular weight excluding hydrogens is 366 g/mol. The van der Waals surface area contributed by atoms with Gasteiger partial charge in [0.15, 0.2) is 0 Å². The van der Waals surface area contributed by atoms with E-state index < -0.39 is 0 Å². The molecule has 2 N–H and O–H groups in total. The normalized spacial score (nSPS) is 10.5. The van der Waals surface area contributed by atoms with Crippen LogP contribution in [0, 0.1) is 6.92 Å². The molecule has 0 saturated heterocycles. The predicted octanol–water partition coefficient (Wildman–Crippen LogP) is 4.31. The van der Waals surface area contributed by atoms with Crippen molar-refractivity contribution in [3.63, 3.8) is 0 Å². The van der Waals surface area contributed by atoms with E-state index in [2.05, 4.69) is 15.8 Å². The second kappa shape index (κ2) is 8.05. The van der Waals surface area contributed by atoms with Gasteiger partial charge in [0.2, 0.25) is 0 Å². The highest BCUT2D eigenvalue weighted by Gasteiger charge is 2.23. The Bertz CT molecular complexity index is 980. The van der Waals surface area contributed by atoms with E-state index in [1.54, 1.807) is 49.4 Å². The fourth-order valence-corrected chi connectivity index (χ4v) is 2.86. The van der Waals surface area contributed by atoms with Gasteiger partial charge in [-0.15, -0.1) is 0 Å². The minimum absolute atomic E-state index is 0.161. The molecule has 0 radical (unpaired) electrons. The van der Waals surface area contributed by atoms with Gasteiger partial charge < -0.3 is 15.2 Å². The van der Waals surface area contributed by atoms with Gasteiger partial charge in [-0.2, -0.15) is 0 Å². The van der Waals surface area contributed by atoms with Gasteiger partial charge in [-0.25, -0.2) is 0 Å². The Kier molecular flexibility index (Phi) is 5.57. The van der Waals surface area contributed by atoms with Crippen molar-refractivity contribution in [3.05, 3.63) is 70.4 Å². The first-order chi connectivity index (χ1) is 13.0. The third-order valence-corrected chi connectivity index (χ3v) is 4.29. The topological polar surface area (TPSA) is 84.2 Å². The first kappa shape index (κ1) is 18.7. The van der Waals surface area contributed by atoms with Crippen LogP contribution in [0.15, 0.2) is 53.1 Å². The second-order valence-electron chi connectivity index (χ2n) is 5.83. The Hall–Kier alpha value is -3.12. The zero-order chi connectivity index (χ0) is 19.4. The molecule has 3 aromatic rings. The number of benzene rings is 2. The smallest absolute Gasteiger partial charge is 0.261 e. The summed E-state index contributed by atoms with van der Waals surface area (Å²) in [6.45, 7) is 4.07. The Morgan fingerprint density at radius 1 is 1.07 bits per heavy atom. The zero-order valence-corrected chi connectivity index (χ0v) is 15.6. The Balaban J connectivity index is 1.84. The van der Waals surface area contributed by atoms with Crippen molar-refractivity contribution in [1.29, 1.82) is 0 Å². The van der Waals surface area contributed by atoms with Crippen LogP contribution in [0.4, 0.5) is 5.69 Å². The molecule has 0 fully saturated rings. The van der Waals surface area contributed by atoms with Crippen molar-refractivity contribution in [2.45, 2.75) is 13.8 Å². The summed E-state index contributed by atoms with van der Waals surface area (Å²) in [5.41, 5.74) is 2.39. The molecule has 0 spiro atoms. The number of anilines is 1. The number of aryl methyl sites for hydroxylation is 1. The molecule has 0 atom stereocenters. The molecule has 0 aliphatic heterocycles. The maximum absolute atomic E-state index is 12.8. The number of hydrogen-bond acceptors (Lipinski definition) is 4. The lowest BCUT2D eigenvalue weighted by Crippen LogP contribution is -2.22. The van der Waals surface area contributed by atoms with E-state index >= 15 is 0 Å². The first-order valence-corrected chi connectivity index (χ1v) is 8.79. The lowest BCUT2D eigenvalue weighted by Gasteiger charge is -2.08. The van der Waals surface area contributed by atoms with Gasteiger partial charge in [-0.3, -0.25) is 9.59 Å². The molecule has 138 valence electrons. The SMILES string of the molecule is CCNC(=O)c1ccc(NC(=O)c2c(-c3ccccc3Cl)noc2C)cc1. The van der Waals surface area contributed by atoms with Gasteiger partial charge >= 0.3 is 0 Å². The third-order valence-electron chi connectivity index (χ3n) is 3.96. The van der Waals surface area contributed by atoms with Gasteiger partial charge in [0, 0.05) is 23.4 Å². The van der Waals surface area contributed by atoms with Crippen LogP contribution in [0.5, 0.6) is 0 Å². The number of aromatic nitrogens is 1. The summed E-state index contributed by atoms with van der Waals surface area (Å²) in [5.74, 6) is -0.137. The molecule has 0 aliphatic carbocycles. The standard InChI is InChI=1S/C20H18ClN3O3/c1-3-22-19(25)13-8-10-14(11-9-13)23-20(26)17-12(2)27-24-18(17)15-6-4-5-7-16(15)21/h4-11H,3H2,1-2H3,(H,22,25)(H,23,26). The number of halogens is 1. The minimum Gasteiger partial charge on any atom is -0.360 e. The quantitative estimate of drug-likeness (QED) is 0.687. The maximum Gasteiger partial charge on any atom is 0.261 e. The predicted molar refractivity (Wildman–Crippen MR) is 104 cm³/mol. The van der Waals surface area contributed by atoms with Gasteiger partial charge in [-0.1, -0.05) is 35.0 Å². The van der Waals surface area contributed by atoms with Crippen LogP contribution in [-0.4, -0.2) is 23.5 Å². The van der Waals surface area contributed by atoms with Crippen LogP contribution in [0.1, 0.15) is 33.4 Å². The molecule has 0 saturated carbocycles. The summed E-state index contributed by atoms with van der Waals surface area (Å²) in [7, 11) is 0. The third kappa shape index (κ3) is 4.01. The molecular formula is C20H18ClN3O3. The summed E-state index contributed by atoms with van der Waals surface area (Å²) in [4.78, 5) is 24.6. The number of carbonyl (C=O) groups excluding carboxylic acids is 2. The molecule has 7 heteroatoms. The van der Waals surface area contributed by atoms with Crippen LogP contribution in [0.3, 0.4) is 0 Å². The lowest BCUT2D eigenvalue weighted by atomic mass is 10.1. The Morgan fingerprint density at radius 2 is 1.78 bits per heavy atom. The van der Waals surface area contributed by atoms with Crippen molar-refractivity contribution >= 4 is 29.1 Å². The minimum atomic E-state index is -0.366. The number of carbonyl (C=O) groups is 2. The van der Waals surface area contributed by atoms with E-state index in [1.807, 2.05) is 13.0 Å². The highest BCUT2D eigenvalue weighted by Crippen LogP contribution is 2.31. The van der Waals surface area contributed by atoms with Gasteiger partial charge in [0.05, 0.1) is 5.02 Å². The summed E-state index contributed by atoms with van der Waals surface area (Å²) in [6.07, 6.45) is 0. The molecule has 1 heterocycles. The summed E-state index contributed by atoms with van der Waals surface area (Å²) in [5, 5.41) is 9.99. The average Bonchev–Trinajstić information content (AvgIpc) is 3.04. The van der Waals surface area contributed by atoms with Crippen molar-refractivity contribution in [2.75, 3.05) is 11.9 Å². The molecule has 0 aliphatic rings. The van der Waals surface area contributed by atoms with E-state index in [4.69, 9.17) is 16.1 Å². The van der Waals surface area contributed by atoms with E-state index in [9.17, 15) is 9.59 Å². The number of nitrogens with zero attached hydrogens (tertiary/aromatic N) is 1. The zero-order valence-electron chi connectivity index (χ0n) is 14.9. The average molecular weight is 384 g/mol. The highest BCUT2D eigenvalue weighted by molar-refractivity contribution is 6.33. The van der Waals surface area contributed by atoms with Crippen molar-refractivity contribution in [1.82, 2.24) is 10.5 Å². The van der Waals surface area contributed by atoms with Crippen LogP contribution in [0.2, 0.25) is 5.02 Å². The van der Waals surface area contributed by atoms with Crippen LogP contribution in [-0.2, 0) is 0 Å². The number of hydrogen-bond donors (Lipinski definition) is 2. The van der Waals surface area contributed by atoms with Gasteiger partial charge in [-0.05, 0) is 44.2 Å². The van der Waals surface area contributed by atoms with Crippen LogP contribution < -0.4 is 10.6 Å². The highest BCUT2D eigenvalue weighted by atomic mass is 35.5. The molecule has 2 aromatic carbocycles. The number of nitrogens with one attached hydrogen (secondary N) is 2. The summed E-state index contributed by atoms with van der Waals surface area (Å²) < 4.78 is 5.22. The van der Waals surface area contributed by atoms with Crippen LogP contribution in [0.25, 0.3) is 11.3 Å². The molecule has 0 unspecified atom stereocenters. The monoisotopic (exact) mass is 383 g/mol. The van der Waals surface area contributed by atoms with Crippen LogP contribution >= 0.6 is 11.6 Å². The first-order valence-electron chi connectivity index (χ1n) is 8.42. The van der Waals surface area contributed by atoms with E-state index in [1.165, 1.54) is 0 Å². The van der Waals surface area contributed by atoms with Gasteiger partial charge in [0.25, 0.3) is 11.8 Å². The lowest BCUT2D eigenvalue weighted by molar-refractivity contribution is 0.0955. The van der Waals surface area contributed by atoms with E-state index in [-0.39, 0.29) is 11.8 Å². The maximum atomic E-state index is 12.8. The molecule has 2 amide bonds. The fourth-order valence-electron chi connectivity index (χ4n) is 2.64. The number of amides is 2. The number of rotatable bonds is 5. The second-order valence-corrected chi connectivity index (χ2v) is 6.24. The summed E-state index contributed by atoms with van der Waals surface area (Å²) >= 11 is 6.23. The molecule has 1 aromatic heterocycles.